The van der Waals surface area contributed by atoms with E-state index in [0.29, 0.717) is 38.8 Å². The predicted octanol–water partition coefficient (Wildman–Crippen LogP) is 5.78. The fourth-order valence-corrected chi connectivity index (χ4v) is 7.76. The molecule has 46 heavy (non-hydrogen) atoms. The predicted molar refractivity (Wildman–Crippen MR) is 179 cm³/mol. The topological polar surface area (TPSA) is 88.8 Å². The number of likely N-dealkylation sites (N-methyl/N-ethyl adjacent to an activating group) is 1. The van der Waals surface area contributed by atoms with Crippen molar-refractivity contribution in [3.8, 4) is 12.1 Å². The molecule has 2 saturated heterocycles. The zero-order chi connectivity index (χ0) is 32.3. The van der Waals surface area contributed by atoms with Crippen LogP contribution >= 0.6 is 11.6 Å². The van der Waals surface area contributed by atoms with Crippen molar-refractivity contribution in [1.82, 2.24) is 19.8 Å². The summed E-state index contributed by atoms with van der Waals surface area (Å²) in [6.07, 6.45) is 4.47. The van der Waals surface area contributed by atoms with Gasteiger partial charge in [-0.15, -0.1) is 0 Å². The summed E-state index contributed by atoms with van der Waals surface area (Å²) >= 11 is 6.72. The summed E-state index contributed by atoms with van der Waals surface area (Å²) in [5.41, 5.74) is 3.02. The van der Waals surface area contributed by atoms with Crippen molar-refractivity contribution >= 4 is 39.8 Å². The van der Waals surface area contributed by atoms with E-state index in [1.165, 1.54) is 0 Å². The Morgan fingerprint density at radius 1 is 1.15 bits per heavy atom. The minimum absolute atomic E-state index is 0.0470. The number of anilines is 2. The van der Waals surface area contributed by atoms with Gasteiger partial charge in [0.05, 0.1) is 48.0 Å². The number of amides is 1. The summed E-state index contributed by atoms with van der Waals surface area (Å²) in [5, 5.41) is 12.5. The Kier molecular flexibility index (Phi) is 9.81. The van der Waals surface area contributed by atoms with Crippen LogP contribution in [0.25, 0.3) is 10.8 Å². The number of fused-ring (bicyclic) bond motifs is 2. The Hall–Kier alpha value is -3.68. The van der Waals surface area contributed by atoms with Crippen LogP contribution in [0.4, 0.5) is 15.9 Å². The van der Waals surface area contributed by atoms with Gasteiger partial charge in [-0.25, -0.2) is 0 Å². The minimum Gasteiger partial charge on any atom is -0.461 e. The van der Waals surface area contributed by atoms with Gasteiger partial charge in [-0.3, -0.25) is 14.1 Å². The van der Waals surface area contributed by atoms with Crippen LogP contribution in [0.15, 0.2) is 36.4 Å². The summed E-state index contributed by atoms with van der Waals surface area (Å²) in [7, 11) is 2.16. The molecular weight excluding hydrogens is 605 g/mol. The molecule has 2 aromatic carbocycles. The van der Waals surface area contributed by atoms with E-state index in [1.54, 1.807) is 4.90 Å². The van der Waals surface area contributed by atoms with E-state index >= 15 is 0 Å². The van der Waals surface area contributed by atoms with Gasteiger partial charge in [0.25, 0.3) is 0 Å². The van der Waals surface area contributed by atoms with Crippen LogP contribution in [0, 0.1) is 11.3 Å². The Labute approximate surface area is 275 Å². The van der Waals surface area contributed by atoms with Crippen LogP contribution in [-0.2, 0) is 17.8 Å². The highest BCUT2D eigenvalue weighted by Crippen LogP contribution is 2.38. The molecule has 9 nitrogen and oxygen atoms in total. The molecule has 1 amide bonds. The third-order valence-electron chi connectivity index (χ3n) is 10.2. The Morgan fingerprint density at radius 2 is 1.98 bits per heavy atom. The van der Waals surface area contributed by atoms with Gasteiger partial charge in [-0.05, 0) is 63.2 Å². The molecule has 4 heterocycles. The molecule has 0 radical (unpaired) electrons. The number of alkyl halides is 1. The maximum Gasteiger partial charge on any atom is 0.318 e. The van der Waals surface area contributed by atoms with Gasteiger partial charge < -0.3 is 19.4 Å². The summed E-state index contributed by atoms with van der Waals surface area (Å²) in [4.78, 5) is 31.7. The number of benzene rings is 2. The van der Waals surface area contributed by atoms with Crippen LogP contribution in [0.5, 0.6) is 6.01 Å². The molecular formula is C35H43ClFN7O2. The first-order valence-corrected chi connectivity index (χ1v) is 16.9. The van der Waals surface area contributed by atoms with Gasteiger partial charge >= 0.3 is 6.01 Å². The minimum atomic E-state index is -0.526. The van der Waals surface area contributed by atoms with Crippen molar-refractivity contribution < 1.29 is 13.9 Å². The SMILES string of the molecule is CCC1(COc2nc3c(c(N4CCN(C(=O)CCCF)[C@@H](CC#N)C4)n2)CCN(c2cccc4cccc(Cl)c24)C3)CCCN1C. The van der Waals surface area contributed by atoms with Crippen molar-refractivity contribution in [2.45, 2.75) is 70.0 Å². The number of carbonyl (C=O) groups excluding carboxylic acids is 1. The molecule has 6 rings (SSSR count). The molecule has 1 unspecified atom stereocenters. The lowest BCUT2D eigenvalue weighted by Crippen LogP contribution is -2.55. The van der Waals surface area contributed by atoms with Crippen molar-refractivity contribution in [1.29, 1.82) is 5.26 Å². The first kappa shape index (κ1) is 32.3. The molecule has 1 aromatic heterocycles. The summed E-state index contributed by atoms with van der Waals surface area (Å²) in [6.45, 7) is 6.08. The second-order valence-corrected chi connectivity index (χ2v) is 13.2. The van der Waals surface area contributed by atoms with Crippen molar-refractivity contribution in [2.24, 2.45) is 0 Å². The molecule has 0 N–H and O–H groups in total. The lowest BCUT2D eigenvalue weighted by atomic mass is 9.94. The molecule has 3 aliphatic rings. The fraction of sp³-hybridized carbons (Fsp3) is 0.543. The summed E-state index contributed by atoms with van der Waals surface area (Å²) < 4.78 is 19.3. The number of aromatic nitrogens is 2. The van der Waals surface area contributed by atoms with E-state index in [4.69, 9.17) is 26.3 Å². The third kappa shape index (κ3) is 6.32. The third-order valence-corrected chi connectivity index (χ3v) is 10.5. The van der Waals surface area contributed by atoms with Gasteiger partial charge in [-0.2, -0.15) is 15.2 Å². The Bertz CT molecular complexity index is 1610. The van der Waals surface area contributed by atoms with Crippen molar-refractivity contribution in [3.05, 3.63) is 52.7 Å². The number of ether oxygens (including phenoxy) is 1. The normalized spacial score (nSPS) is 21.8. The number of hydrogen-bond donors (Lipinski definition) is 0. The lowest BCUT2D eigenvalue weighted by Gasteiger charge is -2.42. The average Bonchev–Trinajstić information content (AvgIpc) is 3.45. The molecule has 244 valence electrons. The highest BCUT2D eigenvalue weighted by molar-refractivity contribution is 6.36. The first-order chi connectivity index (χ1) is 22.4. The zero-order valence-electron chi connectivity index (χ0n) is 26.9. The van der Waals surface area contributed by atoms with Crippen LogP contribution in [-0.4, -0.2) is 90.3 Å². The van der Waals surface area contributed by atoms with Crippen LogP contribution in [0.3, 0.4) is 0 Å². The van der Waals surface area contributed by atoms with E-state index in [-0.39, 0.29) is 36.8 Å². The molecule has 11 heteroatoms. The Morgan fingerprint density at radius 3 is 2.72 bits per heavy atom. The molecule has 0 bridgehead atoms. The van der Waals surface area contributed by atoms with Gasteiger partial charge in [0.2, 0.25) is 5.91 Å². The van der Waals surface area contributed by atoms with Gasteiger partial charge in [0, 0.05) is 49.2 Å². The number of halogens is 2. The first-order valence-electron chi connectivity index (χ1n) is 16.5. The molecule has 3 aromatic rings. The fourth-order valence-electron chi connectivity index (χ4n) is 7.48. The highest BCUT2D eigenvalue weighted by atomic mass is 35.5. The van der Waals surface area contributed by atoms with E-state index in [9.17, 15) is 14.4 Å². The quantitative estimate of drug-likeness (QED) is 0.274. The van der Waals surface area contributed by atoms with E-state index in [0.717, 1.165) is 77.3 Å². The summed E-state index contributed by atoms with van der Waals surface area (Å²) in [5.74, 6) is 0.723. The standard InChI is InChI=1S/C35H43ClFN7O2/c1-3-35(15-7-18-41(35)2)24-46-34-39-29-23-42(30-11-5-9-25-8-4-10-28(36)32(25)30)19-14-27(29)33(40-34)43-20-21-44(26(22-43)13-17-38)31(45)12-6-16-37/h4-5,8-11,26H,3,6-7,12-16,18-24H2,1-2H3/t26-,35?/m0/s1. The summed E-state index contributed by atoms with van der Waals surface area (Å²) in [6, 6.07) is 14.6. The number of nitriles is 1. The largest absolute Gasteiger partial charge is 0.461 e. The van der Waals surface area contributed by atoms with Crippen LogP contribution < -0.4 is 14.5 Å². The smallest absolute Gasteiger partial charge is 0.318 e. The van der Waals surface area contributed by atoms with E-state index in [2.05, 4.69) is 59.0 Å². The number of rotatable bonds is 10. The van der Waals surface area contributed by atoms with Crippen LogP contribution in [0.2, 0.25) is 5.02 Å². The van der Waals surface area contributed by atoms with Gasteiger partial charge in [0.15, 0.2) is 0 Å². The van der Waals surface area contributed by atoms with Gasteiger partial charge in [0.1, 0.15) is 12.4 Å². The zero-order valence-corrected chi connectivity index (χ0v) is 27.6. The maximum atomic E-state index is 12.9. The van der Waals surface area contributed by atoms with Gasteiger partial charge in [-0.1, -0.05) is 42.8 Å². The second-order valence-electron chi connectivity index (χ2n) is 12.8. The number of likely N-dealkylation sites (tertiary alicyclic amines) is 1. The Balaban J connectivity index is 1.33. The molecule has 0 saturated carbocycles. The van der Waals surface area contributed by atoms with Crippen molar-refractivity contribution in [3.63, 3.8) is 0 Å². The number of piperazine rings is 1. The van der Waals surface area contributed by atoms with Crippen LogP contribution in [0.1, 0.15) is 56.7 Å². The highest BCUT2D eigenvalue weighted by Gasteiger charge is 2.39. The molecule has 2 fully saturated rings. The van der Waals surface area contributed by atoms with Crippen molar-refractivity contribution in [2.75, 3.05) is 62.9 Å². The second kappa shape index (κ2) is 14.0. The van der Waals surface area contributed by atoms with E-state index < -0.39 is 6.67 Å². The molecule has 3 aliphatic heterocycles. The molecule has 0 spiro atoms. The number of hydrogen-bond acceptors (Lipinski definition) is 8. The number of nitrogens with zero attached hydrogens (tertiary/aromatic N) is 7. The molecule has 0 aliphatic carbocycles. The average molecular weight is 648 g/mol. The lowest BCUT2D eigenvalue weighted by molar-refractivity contribution is -0.134. The number of carbonyl (C=O) groups is 1. The monoisotopic (exact) mass is 647 g/mol. The molecule has 2 atom stereocenters. The maximum absolute atomic E-state index is 12.9. The van der Waals surface area contributed by atoms with E-state index in [1.807, 2.05) is 12.1 Å².